The van der Waals surface area contributed by atoms with Crippen LogP contribution in [0, 0.1) is 0 Å². The maximum Gasteiger partial charge on any atom is 0.439 e. The van der Waals surface area contributed by atoms with Crippen molar-refractivity contribution < 1.29 is 4.52 Å². The molecule has 1 rings (SSSR count). The highest BCUT2D eigenvalue weighted by atomic mass is 16.5. The van der Waals surface area contributed by atoms with Gasteiger partial charge in [-0.3, -0.25) is 9.51 Å². The van der Waals surface area contributed by atoms with Gasteiger partial charge in [-0.05, 0) is 26.3 Å². The predicted octanol–water partition coefficient (Wildman–Crippen LogP) is 2.59. The summed E-state index contributed by atoms with van der Waals surface area (Å²) >= 11 is 0. The van der Waals surface area contributed by atoms with E-state index in [1.54, 1.807) is 0 Å². The summed E-state index contributed by atoms with van der Waals surface area (Å²) in [5, 5.41) is 3.54. The zero-order valence-electron chi connectivity index (χ0n) is 9.47. The summed E-state index contributed by atoms with van der Waals surface area (Å²) in [5.74, 6) is -0.00407. The molecule has 1 aromatic rings. The first-order valence-corrected chi connectivity index (χ1v) is 4.73. The molecule has 0 saturated heterocycles. The van der Waals surface area contributed by atoms with Crippen LogP contribution in [0.1, 0.15) is 46.9 Å². The van der Waals surface area contributed by atoms with E-state index in [1.165, 1.54) is 6.42 Å². The molecule has 0 radical (unpaired) electrons. The van der Waals surface area contributed by atoms with Crippen LogP contribution in [0.4, 0.5) is 0 Å². The Hall–Kier alpha value is -1.32. The Morgan fingerprint density at radius 3 is 2.14 bits per heavy atom. The second-order valence-electron chi connectivity index (χ2n) is 3.28. The molecule has 0 amide bonds. The molecule has 0 aromatic carbocycles. The van der Waals surface area contributed by atoms with E-state index in [9.17, 15) is 4.79 Å². The fourth-order valence-corrected chi connectivity index (χ4v) is 0.628. The first-order chi connectivity index (χ1) is 6.52. The third-order valence-electron chi connectivity index (χ3n) is 1.55. The van der Waals surface area contributed by atoms with E-state index in [4.69, 9.17) is 0 Å². The lowest BCUT2D eigenvalue weighted by molar-refractivity contribution is 0.385. The average Bonchev–Trinajstić information content (AvgIpc) is 2.51. The first kappa shape index (κ1) is 12.7. The van der Waals surface area contributed by atoms with E-state index in [2.05, 4.69) is 28.5 Å². The molecule has 0 atom stereocenters. The molecule has 0 spiro atoms. The Balaban J connectivity index is 0.000000500. The van der Waals surface area contributed by atoms with Gasteiger partial charge in [-0.15, -0.1) is 0 Å². The standard InChI is InChI=1S/C7H10N2O2.C3H8/c1-4(2)5(3)6-8-7(10)11-9-6;1-3-2/h1-3H3,(H,8,9,10);3H2,1-2H3. The normalized spacial score (nSPS) is 8.93. The molecule has 0 saturated carbocycles. The van der Waals surface area contributed by atoms with Crippen molar-refractivity contribution in [2.24, 2.45) is 0 Å². The summed E-state index contributed by atoms with van der Waals surface area (Å²) in [7, 11) is 0. The topological polar surface area (TPSA) is 58.9 Å². The molecule has 1 heterocycles. The van der Waals surface area contributed by atoms with E-state index in [-0.39, 0.29) is 0 Å². The smallest absolute Gasteiger partial charge is 0.296 e. The predicted molar refractivity (Wildman–Crippen MR) is 57.0 cm³/mol. The van der Waals surface area contributed by atoms with Crippen LogP contribution in [0.2, 0.25) is 0 Å². The molecule has 4 nitrogen and oxygen atoms in total. The van der Waals surface area contributed by atoms with Crippen molar-refractivity contribution in [3.63, 3.8) is 0 Å². The minimum atomic E-state index is -0.513. The summed E-state index contributed by atoms with van der Waals surface area (Å²) in [6.07, 6.45) is 1.25. The van der Waals surface area contributed by atoms with Crippen molar-refractivity contribution in [2.75, 3.05) is 0 Å². The van der Waals surface area contributed by atoms with Gasteiger partial charge < -0.3 is 0 Å². The highest BCUT2D eigenvalue weighted by Crippen LogP contribution is 2.10. The SMILES string of the molecule is CC(C)=C(C)c1noc(=O)[nH]1.CCC. The van der Waals surface area contributed by atoms with Crippen molar-refractivity contribution in [2.45, 2.75) is 41.0 Å². The van der Waals surface area contributed by atoms with Crippen LogP contribution < -0.4 is 5.76 Å². The molecule has 1 aromatic heterocycles. The molecule has 0 aliphatic carbocycles. The Labute approximate surface area is 84.0 Å². The van der Waals surface area contributed by atoms with Gasteiger partial charge in [-0.1, -0.05) is 31.0 Å². The number of H-pyrrole nitrogens is 1. The number of allylic oxidation sites excluding steroid dienone is 2. The van der Waals surface area contributed by atoms with Crippen LogP contribution in [-0.2, 0) is 0 Å². The quantitative estimate of drug-likeness (QED) is 0.754. The second-order valence-corrected chi connectivity index (χ2v) is 3.28. The second kappa shape index (κ2) is 6.18. The minimum Gasteiger partial charge on any atom is -0.296 e. The number of rotatable bonds is 1. The average molecular weight is 198 g/mol. The van der Waals surface area contributed by atoms with Crippen LogP contribution in [0.3, 0.4) is 0 Å². The van der Waals surface area contributed by atoms with E-state index in [1.807, 2.05) is 20.8 Å². The molecule has 0 aliphatic heterocycles. The van der Waals surface area contributed by atoms with Gasteiger partial charge in [0, 0.05) is 0 Å². The van der Waals surface area contributed by atoms with Crippen LogP contribution >= 0.6 is 0 Å². The number of aromatic amines is 1. The van der Waals surface area contributed by atoms with Crippen LogP contribution in [0.25, 0.3) is 5.57 Å². The summed E-state index contributed by atoms with van der Waals surface area (Å²) in [6, 6.07) is 0. The Bertz CT molecular complexity index is 343. The van der Waals surface area contributed by atoms with E-state index in [0.29, 0.717) is 5.82 Å². The monoisotopic (exact) mass is 198 g/mol. The maximum absolute atomic E-state index is 10.5. The zero-order chi connectivity index (χ0) is 11.1. The van der Waals surface area contributed by atoms with Crippen molar-refractivity contribution >= 4 is 5.57 Å². The summed E-state index contributed by atoms with van der Waals surface area (Å²) in [4.78, 5) is 13.0. The molecule has 1 N–H and O–H groups in total. The lowest BCUT2D eigenvalue weighted by Crippen LogP contribution is -1.96. The third-order valence-corrected chi connectivity index (χ3v) is 1.55. The van der Waals surface area contributed by atoms with Gasteiger partial charge in [0.1, 0.15) is 0 Å². The van der Waals surface area contributed by atoms with E-state index >= 15 is 0 Å². The number of hydrogen-bond donors (Lipinski definition) is 1. The summed E-state index contributed by atoms with van der Waals surface area (Å²) in [6.45, 7) is 10.0. The number of aromatic nitrogens is 2. The van der Waals surface area contributed by atoms with Gasteiger partial charge in [0.05, 0.1) is 0 Å². The molecule has 80 valence electrons. The van der Waals surface area contributed by atoms with Gasteiger partial charge >= 0.3 is 5.76 Å². The number of hydrogen-bond acceptors (Lipinski definition) is 3. The van der Waals surface area contributed by atoms with E-state index in [0.717, 1.165) is 11.1 Å². The Kier molecular flexibility index (Phi) is 5.60. The van der Waals surface area contributed by atoms with Gasteiger partial charge in [0.2, 0.25) is 0 Å². The van der Waals surface area contributed by atoms with Crippen LogP contribution in [0.15, 0.2) is 14.9 Å². The third kappa shape index (κ3) is 4.07. The largest absolute Gasteiger partial charge is 0.439 e. The van der Waals surface area contributed by atoms with Crippen molar-refractivity contribution in [3.05, 3.63) is 21.9 Å². The van der Waals surface area contributed by atoms with Gasteiger partial charge in [-0.2, -0.15) is 0 Å². The summed E-state index contributed by atoms with van der Waals surface area (Å²) in [5.41, 5.74) is 2.05. The van der Waals surface area contributed by atoms with Gasteiger partial charge in [0.15, 0.2) is 5.82 Å². The maximum atomic E-state index is 10.5. The summed E-state index contributed by atoms with van der Waals surface area (Å²) < 4.78 is 4.34. The van der Waals surface area contributed by atoms with Crippen molar-refractivity contribution in [1.82, 2.24) is 10.1 Å². The van der Waals surface area contributed by atoms with Crippen LogP contribution in [-0.4, -0.2) is 10.1 Å². The fraction of sp³-hybridized carbons (Fsp3) is 0.600. The van der Waals surface area contributed by atoms with Crippen LogP contribution in [0.5, 0.6) is 0 Å². The highest BCUT2D eigenvalue weighted by Gasteiger charge is 2.02. The van der Waals surface area contributed by atoms with Crippen molar-refractivity contribution in [1.29, 1.82) is 0 Å². The van der Waals surface area contributed by atoms with Crippen molar-refractivity contribution in [3.8, 4) is 0 Å². The molecular weight excluding hydrogens is 180 g/mol. The molecule has 0 aliphatic rings. The first-order valence-electron chi connectivity index (χ1n) is 4.73. The zero-order valence-corrected chi connectivity index (χ0v) is 9.47. The Morgan fingerprint density at radius 2 is 1.86 bits per heavy atom. The molecule has 0 bridgehead atoms. The van der Waals surface area contributed by atoms with Gasteiger partial charge in [0.25, 0.3) is 0 Å². The lowest BCUT2D eigenvalue weighted by Gasteiger charge is -1.94. The molecule has 0 fully saturated rings. The molecular formula is C10H18N2O2. The lowest BCUT2D eigenvalue weighted by atomic mass is 10.2. The fourth-order valence-electron chi connectivity index (χ4n) is 0.628. The molecule has 4 heteroatoms. The number of nitrogens with one attached hydrogen (secondary N) is 1. The molecule has 0 unspecified atom stereocenters. The Morgan fingerprint density at radius 1 is 1.36 bits per heavy atom. The number of nitrogens with zero attached hydrogens (tertiary/aromatic N) is 1. The highest BCUT2D eigenvalue weighted by molar-refractivity contribution is 5.59. The van der Waals surface area contributed by atoms with E-state index < -0.39 is 5.76 Å². The molecule has 14 heavy (non-hydrogen) atoms. The van der Waals surface area contributed by atoms with Gasteiger partial charge in [-0.25, -0.2) is 4.79 Å². The minimum absolute atomic E-state index is 0.509.